The van der Waals surface area contributed by atoms with Crippen LogP contribution >= 0.6 is 11.3 Å². The Balaban J connectivity index is 1.39. The molecule has 0 bridgehead atoms. The maximum absolute atomic E-state index is 12.1. The Kier molecular flexibility index (Phi) is 5.23. The molecule has 0 atom stereocenters. The van der Waals surface area contributed by atoms with Gasteiger partial charge in [-0.2, -0.15) is 0 Å². The average molecular weight is 397 g/mol. The maximum atomic E-state index is 12.1. The van der Waals surface area contributed by atoms with Gasteiger partial charge in [-0.15, -0.1) is 11.3 Å². The van der Waals surface area contributed by atoms with Crippen LogP contribution in [-0.2, 0) is 24.2 Å². The van der Waals surface area contributed by atoms with E-state index in [1.54, 1.807) is 18.2 Å². The van der Waals surface area contributed by atoms with E-state index in [1.165, 1.54) is 35.9 Å². The molecule has 0 spiro atoms. The molecule has 3 heterocycles. The largest absolute Gasteiger partial charge is 0.472 e. The molecule has 1 aliphatic rings. The molecular formula is C20H19N3O4S. The van der Waals surface area contributed by atoms with Crippen molar-refractivity contribution in [2.45, 2.75) is 19.5 Å². The molecule has 144 valence electrons. The van der Waals surface area contributed by atoms with Gasteiger partial charge in [-0.25, -0.2) is 9.78 Å². The Morgan fingerprint density at radius 1 is 1.25 bits per heavy atom. The molecule has 4 rings (SSSR count). The highest BCUT2D eigenvalue weighted by atomic mass is 32.1. The molecular weight excluding hydrogens is 378 g/mol. The number of fused-ring (bicyclic) bond motifs is 1. The van der Waals surface area contributed by atoms with E-state index in [-0.39, 0.29) is 11.9 Å². The Morgan fingerprint density at radius 3 is 2.79 bits per heavy atom. The number of aromatic nitrogens is 1. The van der Waals surface area contributed by atoms with Crippen LogP contribution in [0, 0.1) is 0 Å². The number of esters is 1. The third kappa shape index (κ3) is 3.97. The van der Waals surface area contributed by atoms with Crippen LogP contribution in [-0.4, -0.2) is 35.4 Å². The van der Waals surface area contributed by atoms with Crippen molar-refractivity contribution in [1.82, 2.24) is 9.88 Å². The number of carbonyl (C=O) groups is 2. The normalized spacial score (nSPS) is 13.8. The molecule has 7 nitrogen and oxygen atoms in total. The zero-order valence-corrected chi connectivity index (χ0v) is 16.1. The summed E-state index contributed by atoms with van der Waals surface area (Å²) in [5.74, 6) is -0.550. The summed E-state index contributed by atoms with van der Waals surface area (Å²) < 4.78 is 9.67. The van der Waals surface area contributed by atoms with E-state index < -0.39 is 0 Å². The van der Waals surface area contributed by atoms with Gasteiger partial charge in [0, 0.05) is 30.9 Å². The molecule has 28 heavy (non-hydrogen) atoms. The predicted octanol–water partition coefficient (Wildman–Crippen LogP) is 3.33. The number of anilines is 1. The average Bonchev–Trinajstić information content (AvgIpc) is 3.37. The summed E-state index contributed by atoms with van der Waals surface area (Å²) in [4.78, 5) is 31.7. The highest BCUT2D eigenvalue weighted by Gasteiger charge is 2.22. The number of nitrogens with zero attached hydrogens (tertiary/aromatic N) is 2. The molecule has 2 aromatic heterocycles. The first-order valence-electron chi connectivity index (χ1n) is 8.84. The number of rotatable bonds is 5. The molecule has 1 N–H and O–H groups in total. The summed E-state index contributed by atoms with van der Waals surface area (Å²) in [6, 6.07) is 9.09. The third-order valence-corrected chi connectivity index (χ3v) is 5.59. The summed E-state index contributed by atoms with van der Waals surface area (Å²) in [6.07, 6.45) is 3.72. The predicted molar refractivity (Wildman–Crippen MR) is 104 cm³/mol. The van der Waals surface area contributed by atoms with Gasteiger partial charge in [-0.1, -0.05) is 12.1 Å². The summed E-state index contributed by atoms with van der Waals surface area (Å²) >= 11 is 1.51. The van der Waals surface area contributed by atoms with Crippen LogP contribution in [0.15, 0.2) is 47.3 Å². The van der Waals surface area contributed by atoms with Crippen molar-refractivity contribution in [1.29, 1.82) is 0 Å². The van der Waals surface area contributed by atoms with Gasteiger partial charge in [-0.3, -0.25) is 15.0 Å². The number of benzene rings is 1. The number of nitrogens with one attached hydrogen (secondary N) is 1. The molecule has 0 saturated heterocycles. The number of thiazole rings is 1. The number of methoxy groups -OCH3 is 1. The molecule has 8 heteroatoms. The van der Waals surface area contributed by atoms with Gasteiger partial charge < -0.3 is 9.15 Å². The second kappa shape index (κ2) is 7.95. The van der Waals surface area contributed by atoms with Crippen molar-refractivity contribution in [3.05, 3.63) is 70.1 Å². The van der Waals surface area contributed by atoms with E-state index in [0.717, 1.165) is 37.3 Å². The highest BCUT2D eigenvalue weighted by Crippen LogP contribution is 2.29. The van der Waals surface area contributed by atoms with Crippen LogP contribution in [0.3, 0.4) is 0 Å². The van der Waals surface area contributed by atoms with E-state index in [0.29, 0.717) is 16.3 Å². The van der Waals surface area contributed by atoms with Gasteiger partial charge >= 0.3 is 5.97 Å². The molecule has 0 radical (unpaired) electrons. The van der Waals surface area contributed by atoms with E-state index in [1.807, 2.05) is 12.1 Å². The van der Waals surface area contributed by atoms with Gasteiger partial charge in [-0.05, 0) is 23.8 Å². The fourth-order valence-corrected chi connectivity index (χ4v) is 4.17. The lowest BCUT2D eigenvalue weighted by Crippen LogP contribution is -2.29. The lowest BCUT2D eigenvalue weighted by Gasteiger charge is -2.25. The number of amides is 1. The number of ether oxygens (including phenoxy) is 1. The zero-order valence-electron chi connectivity index (χ0n) is 15.3. The van der Waals surface area contributed by atoms with Gasteiger partial charge in [0.1, 0.15) is 6.26 Å². The van der Waals surface area contributed by atoms with Crippen molar-refractivity contribution in [2.75, 3.05) is 19.0 Å². The second-order valence-corrected chi connectivity index (χ2v) is 7.59. The molecule has 1 aliphatic heterocycles. The topological polar surface area (TPSA) is 84.7 Å². The van der Waals surface area contributed by atoms with Crippen LogP contribution < -0.4 is 5.32 Å². The molecule has 1 aromatic carbocycles. The van der Waals surface area contributed by atoms with Crippen LogP contribution in [0.5, 0.6) is 0 Å². The Hall–Kier alpha value is -2.97. The molecule has 0 unspecified atom stereocenters. The minimum absolute atomic E-state index is 0.220. The van der Waals surface area contributed by atoms with Gasteiger partial charge in [0.25, 0.3) is 5.91 Å². The molecule has 1 amide bonds. The van der Waals surface area contributed by atoms with Crippen LogP contribution in [0.25, 0.3) is 0 Å². The summed E-state index contributed by atoms with van der Waals surface area (Å²) in [6.45, 7) is 2.47. The van der Waals surface area contributed by atoms with E-state index in [2.05, 4.69) is 15.2 Å². The fraction of sp³-hybridized carbons (Fsp3) is 0.250. The van der Waals surface area contributed by atoms with E-state index >= 15 is 0 Å². The van der Waals surface area contributed by atoms with Crippen molar-refractivity contribution >= 4 is 28.3 Å². The molecule has 0 aliphatic carbocycles. The number of hydrogen-bond acceptors (Lipinski definition) is 7. The van der Waals surface area contributed by atoms with Crippen molar-refractivity contribution < 1.29 is 18.7 Å². The minimum atomic E-state index is -0.330. The van der Waals surface area contributed by atoms with E-state index in [9.17, 15) is 9.59 Å². The summed E-state index contributed by atoms with van der Waals surface area (Å²) in [5.41, 5.74) is 3.21. The number of hydrogen-bond donors (Lipinski definition) is 1. The lowest BCUT2D eigenvalue weighted by molar-refractivity contribution is 0.0600. The summed E-state index contributed by atoms with van der Waals surface area (Å²) in [5, 5.41) is 3.45. The van der Waals surface area contributed by atoms with Crippen molar-refractivity contribution in [2.24, 2.45) is 0 Å². The summed E-state index contributed by atoms with van der Waals surface area (Å²) in [7, 11) is 1.38. The highest BCUT2D eigenvalue weighted by molar-refractivity contribution is 7.15. The zero-order chi connectivity index (χ0) is 19.5. The van der Waals surface area contributed by atoms with Crippen LogP contribution in [0.4, 0.5) is 5.13 Å². The standard InChI is InChI=1S/C20H19N3O4S/c1-26-19(25)14-4-2-13(3-5-14)10-23-8-6-16-17(11-23)28-20(21-16)22-18(24)15-7-9-27-12-15/h2-5,7,9,12H,6,8,10-11H2,1H3,(H,21,22,24). The first kappa shape index (κ1) is 18.4. The first-order valence-corrected chi connectivity index (χ1v) is 9.66. The van der Waals surface area contributed by atoms with Crippen LogP contribution in [0.1, 0.15) is 36.9 Å². The quantitative estimate of drug-likeness (QED) is 0.665. The molecule has 0 saturated carbocycles. The van der Waals surface area contributed by atoms with Gasteiger partial charge in [0.2, 0.25) is 0 Å². The van der Waals surface area contributed by atoms with Crippen molar-refractivity contribution in [3.8, 4) is 0 Å². The smallest absolute Gasteiger partial charge is 0.337 e. The second-order valence-electron chi connectivity index (χ2n) is 6.50. The first-order chi connectivity index (χ1) is 13.6. The number of carbonyl (C=O) groups excluding carboxylic acids is 2. The monoisotopic (exact) mass is 397 g/mol. The Labute approximate surface area is 165 Å². The maximum Gasteiger partial charge on any atom is 0.337 e. The van der Waals surface area contributed by atoms with Crippen molar-refractivity contribution in [3.63, 3.8) is 0 Å². The molecule has 3 aromatic rings. The minimum Gasteiger partial charge on any atom is -0.472 e. The molecule has 0 fully saturated rings. The Bertz CT molecular complexity index is 980. The lowest BCUT2D eigenvalue weighted by atomic mass is 10.1. The third-order valence-electron chi connectivity index (χ3n) is 4.60. The number of furan rings is 1. The van der Waals surface area contributed by atoms with Crippen LogP contribution in [0.2, 0.25) is 0 Å². The Morgan fingerprint density at radius 2 is 2.07 bits per heavy atom. The van der Waals surface area contributed by atoms with Gasteiger partial charge in [0.05, 0.1) is 30.2 Å². The van der Waals surface area contributed by atoms with E-state index in [4.69, 9.17) is 9.15 Å². The van der Waals surface area contributed by atoms with Gasteiger partial charge in [0.15, 0.2) is 5.13 Å². The SMILES string of the molecule is COC(=O)c1ccc(CN2CCc3nc(NC(=O)c4ccoc4)sc3C2)cc1. The fourth-order valence-electron chi connectivity index (χ4n) is 3.12.